The summed E-state index contributed by atoms with van der Waals surface area (Å²) in [6.07, 6.45) is 8.21. The Balaban J connectivity index is 2.43. The summed E-state index contributed by atoms with van der Waals surface area (Å²) >= 11 is 0. The third-order valence-electron chi connectivity index (χ3n) is 2.41. The summed E-state index contributed by atoms with van der Waals surface area (Å²) in [7, 11) is 0. The van der Waals surface area contributed by atoms with Gasteiger partial charge in [0.15, 0.2) is 0 Å². The van der Waals surface area contributed by atoms with Crippen LogP contribution < -0.4 is 0 Å². The first-order valence-corrected chi connectivity index (χ1v) is 4.91. The van der Waals surface area contributed by atoms with Crippen molar-refractivity contribution in [3.8, 4) is 0 Å². The van der Waals surface area contributed by atoms with E-state index < -0.39 is 0 Å². The van der Waals surface area contributed by atoms with Crippen LogP contribution in [0.2, 0.25) is 0 Å². The van der Waals surface area contributed by atoms with Crippen molar-refractivity contribution in [2.75, 3.05) is 0 Å². The Labute approximate surface area is 79.4 Å². The van der Waals surface area contributed by atoms with E-state index >= 15 is 0 Å². The van der Waals surface area contributed by atoms with Gasteiger partial charge in [0.05, 0.1) is 18.5 Å². The number of rotatable bonds is 5. The standard InChI is InChI=1S/C10H18N2O/c1-3-4-5-10(13)9(2)12-7-6-11-8-12/h6-10,13H,3-5H2,1-2H3. The predicted octanol–water partition coefficient (Wildman–Crippen LogP) is 2.00. The molecule has 0 saturated heterocycles. The minimum Gasteiger partial charge on any atom is -0.391 e. The van der Waals surface area contributed by atoms with Gasteiger partial charge in [-0.15, -0.1) is 0 Å². The summed E-state index contributed by atoms with van der Waals surface area (Å²) in [4.78, 5) is 3.96. The van der Waals surface area contributed by atoms with Crippen LogP contribution in [-0.4, -0.2) is 20.8 Å². The molecule has 1 aromatic heterocycles. The predicted molar refractivity (Wildman–Crippen MR) is 52.5 cm³/mol. The average Bonchev–Trinajstić information content (AvgIpc) is 2.65. The Hall–Kier alpha value is -0.830. The molecular weight excluding hydrogens is 164 g/mol. The van der Waals surface area contributed by atoms with Crippen molar-refractivity contribution >= 4 is 0 Å². The van der Waals surface area contributed by atoms with Gasteiger partial charge in [-0.3, -0.25) is 0 Å². The molecule has 0 aliphatic carbocycles. The highest BCUT2D eigenvalue weighted by atomic mass is 16.3. The van der Waals surface area contributed by atoms with Crippen molar-refractivity contribution < 1.29 is 5.11 Å². The Morgan fingerprint density at radius 2 is 2.31 bits per heavy atom. The molecule has 0 aromatic carbocycles. The molecule has 0 bridgehead atoms. The third kappa shape index (κ3) is 2.84. The fraction of sp³-hybridized carbons (Fsp3) is 0.700. The zero-order valence-electron chi connectivity index (χ0n) is 8.35. The Morgan fingerprint density at radius 1 is 1.54 bits per heavy atom. The van der Waals surface area contributed by atoms with Crippen LogP contribution in [-0.2, 0) is 0 Å². The van der Waals surface area contributed by atoms with Crippen molar-refractivity contribution in [3.63, 3.8) is 0 Å². The maximum atomic E-state index is 9.77. The summed E-state index contributed by atoms with van der Waals surface area (Å²) in [5.74, 6) is 0. The topological polar surface area (TPSA) is 38.0 Å². The van der Waals surface area contributed by atoms with Crippen LogP contribution in [0.1, 0.15) is 39.2 Å². The molecule has 2 unspecified atom stereocenters. The normalized spacial score (nSPS) is 15.6. The largest absolute Gasteiger partial charge is 0.391 e. The van der Waals surface area contributed by atoms with Crippen molar-refractivity contribution in [2.45, 2.75) is 45.3 Å². The molecule has 74 valence electrons. The summed E-state index contributed by atoms with van der Waals surface area (Å²) in [5, 5.41) is 9.77. The molecule has 3 heteroatoms. The van der Waals surface area contributed by atoms with Crippen LogP contribution in [0.4, 0.5) is 0 Å². The van der Waals surface area contributed by atoms with Crippen LogP contribution in [0.3, 0.4) is 0 Å². The van der Waals surface area contributed by atoms with E-state index in [9.17, 15) is 5.11 Å². The van der Waals surface area contributed by atoms with Crippen molar-refractivity contribution in [1.29, 1.82) is 0 Å². The first kappa shape index (κ1) is 10.3. The molecule has 0 amide bonds. The van der Waals surface area contributed by atoms with E-state index in [4.69, 9.17) is 0 Å². The van der Waals surface area contributed by atoms with Crippen LogP contribution >= 0.6 is 0 Å². The first-order chi connectivity index (χ1) is 6.25. The molecule has 0 aliphatic rings. The molecule has 0 aliphatic heterocycles. The number of aromatic nitrogens is 2. The summed E-state index contributed by atoms with van der Waals surface area (Å²) in [6.45, 7) is 4.15. The Morgan fingerprint density at radius 3 is 2.85 bits per heavy atom. The monoisotopic (exact) mass is 182 g/mol. The average molecular weight is 182 g/mol. The van der Waals surface area contributed by atoms with Gasteiger partial charge in [0.25, 0.3) is 0 Å². The van der Waals surface area contributed by atoms with Crippen molar-refractivity contribution in [3.05, 3.63) is 18.7 Å². The van der Waals surface area contributed by atoms with Gasteiger partial charge in [-0.05, 0) is 13.3 Å². The number of imidazole rings is 1. The molecule has 0 saturated carbocycles. The summed E-state index contributed by atoms with van der Waals surface area (Å²) < 4.78 is 1.94. The molecule has 13 heavy (non-hydrogen) atoms. The van der Waals surface area contributed by atoms with Crippen LogP contribution in [0.15, 0.2) is 18.7 Å². The van der Waals surface area contributed by atoms with E-state index in [2.05, 4.69) is 11.9 Å². The molecular formula is C10H18N2O. The van der Waals surface area contributed by atoms with Gasteiger partial charge in [-0.25, -0.2) is 4.98 Å². The minimum atomic E-state index is -0.255. The van der Waals surface area contributed by atoms with E-state index in [0.717, 1.165) is 19.3 Å². The molecule has 1 N–H and O–H groups in total. The molecule has 2 atom stereocenters. The van der Waals surface area contributed by atoms with Crippen molar-refractivity contribution in [2.24, 2.45) is 0 Å². The number of nitrogens with zero attached hydrogens (tertiary/aromatic N) is 2. The number of unbranched alkanes of at least 4 members (excludes halogenated alkanes) is 1. The lowest BCUT2D eigenvalue weighted by Gasteiger charge is -2.19. The number of hydrogen-bond acceptors (Lipinski definition) is 2. The maximum absolute atomic E-state index is 9.77. The molecule has 1 aromatic rings. The fourth-order valence-electron chi connectivity index (χ4n) is 1.36. The van der Waals surface area contributed by atoms with Gasteiger partial charge in [0, 0.05) is 12.4 Å². The first-order valence-electron chi connectivity index (χ1n) is 4.91. The van der Waals surface area contributed by atoms with E-state index in [1.165, 1.54) is 0 Å². The van der Waals surface area contributed by atoms with Gasteiger partial charge >= 0.3 is 0 Å². The highest BCUT2D eigenvalue weighted by molar-refractivity contribution is 4.81. The quantitative estimate of drug-likeness (QED) is 0.756. The van der Waals surface area contributed by atoms with E-state index in [-0.39, 0.29) is 12.1 Å². The van der Waals surface area contributed by atoms with Crippen LogP contribution in [0, 0.1) is 0 Å². The lowest BCUT2D eigenvalue weighted by atomic mass is 10.1. The molecule has 0 fully saturated rings. The second-order valence-electron chi connectivity index (χ2n) is 3.46. The lowest BCUT2D eigenvalue weighted by molar-refractivity contribution is 0.109. The third-order valence-corrected chi connectivity index (χ3v) is 2.41. The second kappa shape index (κ2) is 5.02. The highest BCUT2D eigenvalue weighted by Gasteiger charge is 2.14. The molecule has 1 heterocycles. The summed E-state index contributed by atoms with van der Waals surface area (Å²) in [5.41, 5.74) is 0. The fourth-order valence-corrected chi connectivity index (χ4v) is 1.36. The number of aliphatic hydroxyl groups excluding tert-OH is 1. The lowest BCUT2D eigenvalue weighted by Crippen LogP contribution is -2.20. The molecule has 0 radical (unpaired) electrons. The zero-order valence-corrected chi connectivity index (χ0v) is 8.35. The minimum absolute atomic E-state index is 0.133. The molecule has 3 nitrogen and oxygen atoms in total. The Kier molecular flexibility index (Phi) is 3.96. The Bertz CT molecular complexity index is 221. The smallest absolute Gasteiger partial charge is 0.0949 e. The van der Waals surface area contributed by atoms with Gasteiger partial charge in [0.1, 0.15) is 0 Å². The van der Waals surface area contributed by atoms with Gasteiger partial charge < -0.3 is 9.67 Å². The van der Waals surface area contributed by atoms with Crippen LogP contribution in [0.5, 0.6) is 0 Å². The second-order valence-corrected chi connectivity index (χ2v) is 3.46. The van der Waals surface area contributed by atoms with Gasteiger partial charge in [-0.1, -0.05) is 19.8 Å². The van der Waals surface area contributed by atoms with Gasteiger partial charge in [0.2, 0.25) is 0 Å². The SMILES string of the molecule is CCCCC(O)C(C)n1ccnc1. The number of hydrogen-bond donors (Lipinski definition) is 1. The molecule has 0 spiro atoms. The van der Waals surface area contributed by atoms with Gasteiger partial charge in [-0.2, -0.15) is 0 Å². The molecule has 1 rings (SSSR count). The number of aliphatic hydroxyl groups is 1. The van der Waals surface area contributed by atoms with E-state index in [1.807, 2.05) is 17.7 Å². The van der Waals surface area contributed by atoms with E-state index in [0.29, 0.717) is 0 Å². The zero-order chi connectivity index (χ0) is 9.68. The summed E-state index contributed by atoms with van der Waals surface area (Å²) in [6, 6.07) is 0.133. The van der Waals surface area contributed by atoms with Crippen molar-refractivity contribution in [1.82, 2.24) is 9.55 Å². The highest BCUT2D eigenvalue weighted by Crippen LogP contribution is 2.15. The van der Waals surface area contributed by atoms with E-state index in [1.54, 1.807) is 12.5 Å². The maximum Gasteiger partial charge on any atom is 0.0949 e. The van der Waals surface area contributed by atoms with Crippen LogP contribution in [0.25, 0.3) is 0 Å².